The van der Waals surface area contributed by atoms with E-state index in [0.29, 0.717) is 15.3 Å². The van der Waals surface area contributed by atoms with Crippen LogP contribution in [0.5, 0.6) is 0 Å². The Kier molecular flexibility index (Phi) is 3.87. The summed E-state index contributed by atoms with van der Waals surface area (Å²) in [6.45, 7) is 1.52. The number of halogens is 3. The molecule has 3 aromatic rings. The summed E-state index contributed by atoms with van der Waals surface area (Å²) in [4.78, 5) is 20.2. The zero-order chi connectivity index (χ0) is 17.5. The van der Waals surface area contributed by atoms with Gasteiger partial charge < -0.3 is 11.1 Å². The van der Waals surface area contributed by atoms with Gasteiger partial charge in [0, 0.05) is 11.1 Å². The number of hydrogen-bond acceptors (Lipinski definition) is 6. The Morgan fingerprint density at radius 2 is 2.17 bits per heavy atom. The molecule has 0 saturated carbocycles. The monoisotopic (exact) mass is 356 g/mol. The number of alkyl halides is 3. The lowest BCUT2D eigenvalue weighted by atomic mass is 10.2. The van der Waals surface area contributed by atoms with E-state index in [1.165, 1.54) is 18.3 Å². The van der Waals surface area contributed by atoms with Crippen LogP contribution < -0.4 is 11.1 Å². The second-order valence-corrected chi connectivity index (χ2v) is 5.82. The number of rotatable bonds is 3. The van der Waals surface area contributed by atoms with Crippen molar-refractivity contribution in [2.75, 3.05) is 5.73 Å². The number of nitrogens with two attached hydrogens (primary N) is 1. The number of thiazole rings is 1. The number of aryl methyl sites for hydroxylation is 1. The fourth-order valence-electron chi connectivity index (χ4n) is 2.12. The Labute approximate surface area is 137 Å². The predicted octanol–water partition coefficient (Wildman–Crippen LogP) is 2.03. The zero-order valence-corrected chi connectivity index (χ0v) is 13.1. The molecule has 0 atom stereocenters. The Morgan fingerprint density at radius 1 is 1.42 bits per heavy atom. The average Bonchev–Trinajstić information content (AvgIpc) is 3.09. The zero-order valence-electron chi connectivity index (χ0n) is 12.3. The molecule has 0 aliphatic heterocycles. The van der Waals surface area contributed by atoms with E-state index in [2.05, 4.69) is 20.4 Å². The number of anilines is 1. The average molecular weight is 356 g/mol. The maximum atomic E-state index is 13.1. The third kappa shape index (κ3) is 3.02. The Bertz CT molecular complexity index is 916. The highest BCUT2D eigenvalue weighted by Crippen LogP contribution is 2.30. The summed E-state index contributed by atoms with van der Waals surface area (Å²) in [5.74, 6) is -0.595. The summed E-state index contributed by atoms with van der Waals surface area (Å²) in [5, 5.41) is 8.25. The first-order valence-corrected chi connectivity index (χ1v) is 7.54. The number of nitrogen functional groups attached to an aromatic ring is 1. The summed E-state index contributed by atoms with van der Waals surface area (Å²) >= 11 is 1.22. The van der Waals surface area contributed by atoms with Gasteiger partial charge >= 0.3 is 6.18 Å². The van der Waals surface area contributed by atoms with Crippen LogP contribution in [0.4, 0.5) is 18.3 Å². The SMILES string of the molecule is Cc1cc(C(F)(F)F)n2ncc(C(=O)NCc3csc(N)n3)c2n1. The first-order chi connectivity index (χ1) is 11.3. The highest BCUT2D eigenvalue weighted by atomic mass is 32.1. The van der Waals surface area contributed by atoms with E-state index in [0.717, 1.165) is 12.3 Å². The molecule has 0 aromatic carbocycles. The van der Waals surface area contributed by atoms with E-state index >= 15 is 0 Å². The van der Waals surface area contributed by atoms with Crippen molar-refractivity contribution in [2.45, 2.75) is 19.6 Å². The van der Waals surface area contributed by atoms with Crippen molar-refractivity contribution in [1.29, 1.82) is 0 Å². The molecule has 0 spiro atoms. The standard InChI is InChI=1S/C13H11F3N6OS/c1-6-2-9(13(14,15)16)22-10(20-6)8(4-19-22)11(23)18-3-7-5-24-12(17)21-7/h2,4-5H,3H2,1H3,(H2,17,21)(H,18,23). The molecule has 0 unspecified atom stereocenters. The third-order valence-corrected chi connectivity index (χ3v) is 3.86. The Morgan fingerprint density at radius 3 is 2.79 bits per heavy atom. The maximum Gasteiger partial charge on any atom is 0.433 e. The van der Waals surface area contributed by atoms with Gasteiger partial charge in [-0.15, -0.1) is 11.3 Å². The summed E-state index contributed by atoms with van der Waals surface area (Å²) in [6.07, 6.45) is -3.55. The van der Waals surface area contributed by atoms with Crippen molar-refractivity contribution >= 4 is 28.0 Å². The normalized spacial score (nSPS) is 11.8. The lowest BCUT2D eigenvalue weighted by molar-refractivity contribution is -0.142. The Hall–Kier alpha value is -2.69. The minimum atomic E-state index is -4.61. The highest BCUT2D eigenvalue weighted by Gasteiger charge is 2.35. The number of nitrogens with zero attached hydrogens (tertiary/aromatic N) is 4. The molecule has 1 amide bonds. The number of nitrogens with one attached hydrogen (secondary N) is 1. The van der Waals surface area contributed by atoms with Crippen LogP contribution in [0, 0.1) is 6.92 Å². The van der Waals surface area contributed by atoms with Gasteiger partial charge in [-0.3, -0.25) is 4.79 Å². The summed E-state index contributed by atoms with van der Waals surface area (Å²) in [5.41, 5.74) is 4.99. The lowest BCUT2D eigenvalue weighted by Crippen LogP contribution is -2.23. The summed E-state index contributed by atoms with van der Waals surface area (Å²) in [7, 11) is 0. The molecule has 24 heavy (non-hydrogen) atoms. The predicted molar refractivity (Wildman–Crippen MR) is 80.4 cm³/mol. The van der Waals surface area contributed by atoms with Crippen LogP contribution in [0.2, 0.25) is 0 Å². The topological polar surface area (TPSA) is 98.2 Å². The van der Waals surface area contributed by atoms with Crippen LogP contribution in [0.1, 0.15) is 27.4 Å². The van der Waals surface area contributed by atoms with Gasteiger partial charge in [0.15, 0.2) is 10.8 Å². The number of aromatic nitrogens is 4. The van der Waals surface area contributed by atoms with E-state index < -0.39 is 17.8 Å². The number of fused-ring (bicyclic) bond motifs is 1. The molecule has 3 aromatic heterocycles. The van der Waals surface area contributed by atoms with Gasteiger partial charge in [0.1, 0.15) is 11.3 Å². The highest BCUT2D eigenvalue weighted by molar-refractivity contribution is 7.13. The molecule has 0 fully saturated rings. The van der Waals surface area contributed by atoms with Crippen molar-refractivity contribution in [3.8, 4) is 0 Å². The van der Waals surface area contributed by atoms with Crippen LogP contribution in [-0.4, -0.2) is 25.5 Å². The molecule has 11 heteroatoms. The largest absolute Gasteiger partial charge is 0.433 e. The second-order valence-electron chi connectivity index (χ2n) is 4.93. The molecule has 0 radical (unpaired) electrons. The van der Waals surface area contributed by atoms with E-state index in [1.54, 1.807) is 5.38 Å². The Balaban J connectivity index is 1.92. The number of carbonyl (C=O) groups is 1. The first-order valence-electron chi connectivity index (χ1n) is 6.66. The summed E-state index contributed by atoms with van der Waals surface area (Å²) in [6, 6.07) is 0.875. The van der Waals surface area contributed by atoms with Gasteiger partial charge in [-0.1, -0.05) is 0 Å². The molecule has 7 nitrogen and oxygen atoms in total. The third-order valence-electron chi connectivity index (χ3n) is 3.13. The quantitative estimate of drug-likeness (QED) is 0.748. The fourth-order valence-corrected chi connectivity index (χ4v) is 2.68. The van der Waals surface area contributed by atoms with Gasteiger partial charge in [0.05, 0.1) is 18.4 Å². The van der Waals surface area contributed by atoms with Gasteiger partial charge in [-0.25, -0.2) is 14.5 Å². The molecule has 0 aliphatic carbocycles. The van der Waals surface area contributed by atoms with Crippen molar-refractivity contribution in [1.82, 2.24) is 24.9 Å². The van der Waals surface area contributed by atoms with Gasteiger partial charge in [0.2, 0.25) is 0 Å². The van der Waals surface area contributed by atoms with Crippen LogP contribution in [0.25, 0.3) is 5.65 Å². The van der Waals surface area contributed by atoms with E-state index in [-0.39, 0.29) is 23.4 Å². The van der Waals surface area contributed by atoms with Gasteiger partial charge in [-0.2, -0.15) is 18.3 Å². The van der Waals surface area contributed by atoms with E-state index in [9.17, 15) is 18.0 Å². The number of hydrogen-bond donors (Lipinski definition) is 2. The molecule has 0 aliphatic rings. The minimum Gasteiger partial charge on any atom is -0.375 e. The van der Waals surface area contributed by atoms with Crippen molar-refractivity contribution in [3.63, 3.8) is 0 Å². The van der Waals surface area contributed by atoms with Crippen molar-refractivity contribution in [3.05, 3.63) is 40.3 Å². The first kappa shape index (κ1) is 16.2. The van der Waals surface area contributed by atoms with Crippen molar-refractivity contribution in [2.24, 2.45) is 0 Å². The smallest absolute Gasteiger partial charge is 0.375 e. The molecule has 0 saturated heterocycles. The number of carbonyl (C=O) groups excluding carboxylic acids is 1. The lowest BCUT2D eigenvalue weighted by Gasteiger charge is -2.09. The molecule has 0 bridgehead atoms. The second kappa shape index (κ2) is 5.74. The van der Waals surface area contributed by atoms with Crippen LogP contribution in [0.3, 0.4) is 0 Å². The van der Waals surface area contributed by atoms with Gasteiger partial charge in [0.25, 0.3) is 5.91 Å². The minimum absolute atomic E-state index is 0.0487. The molecule has 126 valence electrons. The maximum absolute atomic E-state index is 13.1. The molecule has 3 rings (SSSR count). The van der Waals surface area contributed by atoms with Crippen molar-refractivity contribution < 1.29 is 18.0 Å². The summed E-state index contributed by atoms with van der Waals surface area (Å²) < 4.78 is 39.8. The molecule has 3 N–H and O–H groups in total. The fraction of sp³-hybridized carbons (Fsp3) is 0.231. The van der Waals surface area contributed by atoms with E-state index in [4.69, 9.17) is 5.73 Å². The molecular weight excluding hydrogens is 345 g/mol. The number of amides is 1. The van der Waals surface area contributed by atoms with Crippen LogP contribution in [-0.2, 0) is 12.7 Å². The molecular formula is C13H11F3N6OS. The van der Waals surface area contributed by atoms with Crippen LogP contribution in [0.15, 0.2) is 17.6 Å². The van der Waals surface area contributed by atoms with E-state index in [1.807, 2.05) is 0 Å². The van der Waals surface area contributed by atoms with Gasteiger partial charge in [-0.05, 0) is 13.0 Å². The molecule has 3 heterocycles. The van der Waals surface area contributed by atoms with Crippen LogP contribution >= 0.6 is 11.3 Å².